The Hall–Kier alpha value is -1.44. The van der Waals surface area contributed by atoms with Crippen molar-refractivity contribution < 1.29 is 19.4 Å². The number of nitrogens with one attached hydrogen (secondary N) is 1. The second-order valence-electron chi connectivity index (χ2n) is 6.46. The van der Waals surface area contributed by atoms with Crippen LogP contribution in [-0.2, 0) is 27.2 Å². The minimum atomic E-state index is -0.787. The summed E-state index contributed by atoms with van der Waals surface area (Å²) in [5, 5.41) is 17.5. The Morgan fingerprint density at radius 1 is 1.61 bits per heavy atom. The van der Waals surface area contributed by atoms with Gasteiger partial charge in [-0.25, -0.2) is 0 Å². The van der Waals surface area contributed by atoms with Crippen LogP contribution < -0.4 is 5.32 Å². The van der Waals surface area contributed by atoms with E-state index < -0.39 is 5.60 Å². The van der Waals surface area contributed by atoms with Crippen molar-refractivity contribution in [2.24, 2.45) is 0 Å². The summed E-state index contributed by atoms with van der Waals surface area (Å²) < 4.78 is 12.7. The Kier molecular flexibility index (Phi) is 4.99. The monoisotopic (exact) mass is 323 g/mol. The number of ether oxygens (including phenoxy) is 2. The molecular formula is C16H25N3O4. The van der Waals surface area contributed by atoms with Crippen LogP contribution in [-0.4, -0.2) is 53.3 Å². The molecule has 1 unspecified atom stereocenters. The number of methoxy groups -OCH3 is 1. The summed E-state index contributed by atoms with van der Waals surface area (Å²) in [5.74, 6) is -0.123. The second-order valence-corrected chi connectivity index (χ2v) is 6.46. The van der Waals surface area contributed by atoms with E-state index in [9.17, 15) is 9.90 Å². The molecule has 3 rings (SSSR count). The molecule has 128 valence electrons. The lowest BCUT2D eigenvalue weighted by molar-refractivity contribution is -0.130. The molecule has 2 heterocycles. The summed E-state index contributed by atoms with van der Waals surface area (Å²) in [5.41, 5.74) is 1.28. The first kappa shape index (κ1) is 16.4. The largest absolute Gasteiger partial charge is 0.389 e. The molecule has 1 fully saturated rings. The van der Waals surface area contributed by atoms with Crippen molar-refractivity contribution in [3.8, 4) is 0 Å². The van der Waals surface area contributed by atoms with Gasteiger partial charge in [-0.2, -0.15) is 5.10 Å². The third kappa shape index (κ3) is 3.91. The maximum Gasteiger partial charge on any atom is 0.222 e. The average Bonchev–Trinajstić information content (AvgIpc) is 2.92. The van der Waals surface area contributed by atoms with E-state index in [-0.39, 0.29) is 18.4 Å². The molecule has 1 atom stereocenters. The predicted molar refractivity (Wildman–Crippen MR) is 82.9 cm³/mol. The van der Waals surface area contributed by atoms with Crippen LogP contribution in [0.5, 0.6) is 0 Å². The number of hydrogen-bond donors (Lipinski definition) is 2. The van der Waals surface area contributed by atoms with E-state index in [1.807, 2.05) is 10.9 Å². The molecule has 2 N–H and O–H groups in total. The molecule has 2 aliphatic rings. The number of carbonyl (C=O) groups is 1. The molecule has 0 aromatic carbocycles. The van der Waals surface area contributed by atoms with E-state index in [1.54, 1.807) is 7.11 Å². The SMILES string of the molecule is COCCn1cc2c(n1)C(CNC(=O)CC1(O)CCC1)OCC2. The quantitative estimate of drug-likeness (QED) is 0.766. The molecule has 1 aliphatic carbocycles. The fourth-order valence-electron chi connectivity index (χ4n) is 3.12. The van der Waals surface area contributed by atoms with Gasteiger partial charge in [-0.3, -0.25) is 9.48 Å². The zero-order valence-corrected chi connectivity index (χ0v) is 13.6. The van der Waals surface area contributed by atoms with Crippen LogP contribution in [0, 0.1) is 0 Å². The first-order chi connectivity index (χ1) is 11.1. The van der Waals surface area contributed by atoms with Gasteiger partial charge in [-0.1, -0.05) is 0 Å². The van der Waals surface area contributed by atoms with Gasteiger partial charge in [-0.05, 0) is 31.2 Å². The fraction of sp³-hybridized carbons (Fsp3) is 0.750. The van der Waals surface area contributed by atoms with Gasteiger partial charge in [0.2, 0.25) is 5.91 Å². The number of hydrogen-bond acceptors (Lipinski definition) is 5. The standard InChI is InChI=1S/C16H25N3O4/c1-22-8-6-19-11-12-3-7-23-13(15(12)18-19)10-17-14(20)9-16(21)4-2-5-16/h11,13,21H,2-10H2,1H3,(H,17,20). The number of amides is 1. The third-order valence-corrected chi connectivity index (χ3v) is 4.65. The summed E-state index contributed by atoms with van der Waals surface area (Å²) >= 11 is 0. The average molecular weight is 323 g/mol. The number of carbonyl (C=O) groups excluding carboxylic acids is 1. The summed E-state index contributed by atoms with van der Waals surface area (Å²) in [7, 11) is 1.67. The van der Waals surface area contributed by atoms with Crippen molar-refractivity contribution in [3.05, 3.63) is 17.5 Å². The molecule has 0 bridgehead atoms. The molecule has 1 aliphatic heterocycles. The van der Waals surface area contributed by atoms with Gasteiger partial charge < -0.3 is 19.9 Å². The van der Waals surface area contributed by atoms with Crippen LogP contribution in [0.15, 0.2) is 6.20 Å². The smallest absolute Gasteiger partial charge is 0.222 e. The van der Waals surface area contributed by atoms with Gasteiger partial charge in [0.05, 0.1) is 37.5 Å². The molecule has 23 heavy (non-hydrogen) atoms. The minimum Gasteiger partial charge on any atom is -0.389 e. The summed E-state index contributed by atoms with van der Waals surface area (Å²) in [6.45, 7) is 2.34. The molecule has 1 aromatic heterocycles. The Labute approximate surface area is 136 Å². The molecule has 1 amide bonds. The highest BCUT2D eigenvalue weighted by atomic mass is 16.5. The van der Waals surface area contributed by atoms with Crippen LogP contribution in [0.2, 0.25) is 0 Å². The third-order valence-electron chi connectivity index (χ3n) is 4.65. The van der Waals surface area contributed by atoms with E-state index in [4.69, 9.17) is 9.47 Å². The van der Waals surface area contributed by atoms with E-state index in [0.29, 0.717) is 39.1 Å². The molecule has 7 heteroatoms. The highest BCUT2D eigenvalue weighted by molar-refractivity contribution is 5.77. The molecule has 7 nitrogen and oxygen atoms in total. The fourth-order valence-corrected chi connectivity index (χ4v) is 3.12. The van der Waals surface area contributed by atoms with Crippen LogP contribution in [0.1, 0.15) is 43.0 Å². The van der Waals surface area contributed by atoms with Gasteiger partial charge >= 0.3 is 0 Å². The lowest BCUT2D eigenvalue weighted by atomic mass is 9.78. The van der Waals surface area contributed by atoms with Crippen molar-refractivity contribution >= 4 is 5.91 Å². The van der Waals surface area contributed by atoms with Crippen LogP contribution in [0.25, 0.3) is 0 Å². The van der Waals surface area contributed by atoms with Gasteiger partial charge in [0.15, 0.2) is 0 Å². The highest BCUT2D eigenvalue weighted by Crippen LogP contribution is 2.34. The van der Waals surface area contributed by atoms with Crippen molar-refractivity contribution in [1.29, 1.82) is 0 Å². The van der Waals surface area contributed by atoms with Crippen molar-refractivity contribution in [3.63, 3.8) is 0 Å². The Bertz CT molecular complexity index is 554. The molecular weight excluding hydrogens is 298 g/mol. The Balaban J connectivity index is 1.55. The molecule has 0 radical (unpaired) electrons. The first-order valence-electron chi connectivity index (χ1n) is 8.25. The molecule has 0 saturated heterocycles. The van der Waals surface area contributed by atoms with Gasteiger partial charge in [0.1, 0.15) is 6.10 Å². The van der Waals surface area contributed by atoms with Crippen molar-refractivity contribution in [2.75, 3.05) is 26.9 Å². The normalized spacial score (nSPS) is 22.3. The molecule has 0 spiro atoms. The van der Waals surface area contributed by atoms with Crippen LogP contribution in [0.4, 0.5) is 0 Å². The summed E-state index contributed by atoms with van der Waals surface area (Å²) in [6.07, 6.45) is 5.26. The first-order valence-corrected chi connectivity index (χ1v) is 8.25. The van der Waals surface area contributed by atoms with Crippen LogP contribution >= 0.6 is 0 Å². The maximum atomic E-state index is 12.0. The van der Waals surface area contributed by atoms with Crippen molar-refractivity contribution in [1.82, 2.24) is 15.1 Å². The van der Waals surface area contributed by atoms with E-state index in [2.05, 4.69) is 10.4 Å². The lowest BCUT2D eigenvalue weighted by Crippen LogP contribution is -2.43. The predicted octanol–water partition coefficient (Wildman–Crippen LogP) is 0.565. The number of aromatic nitrogens is 2. The molecule has 1 aromatic rings. The van der Waals surface area contributed by atoms with Crippen molar-refractivity contribution in [2.45, 2.75) is 50.4 Å². The Morgan fingerprint density at radius 2 is 2.43 bits per heavy atom. The number of rotatable bonds is 7. The lowest BCUT2D eigenvalue weighted by Gasteiger charge is -2.36. The van der Waals surface area contributed by atoms with E-state index in [1.165, 1.54) is 5.56 Å². The van der Waals surface area contributed by atoms with E-state index in [0.717, 1.165) is 18.5 Å². The van der Waals surface area contributed by atoms with Crippen LogP contribution in [0.3, 0.4) is 0 Å². The zero-order valence-electron chi connectivity index (χ0n) is 13.6. The highest BCUT2D eigenvalue weighted by Gasteiger charge is 2.36. The summed E-state index contributed by atoms with van der Waals surface area (Å²) in [6, 6.07) is 0. The topological polar surface area (TPSA) is 85.6 Å². The van der Waals surface area contributed by atoms with Gasteiger partial charge in [-0.15, -0.1) is 0 Å². The van der Waals surface area contributed by atoms with Gasteiger partial charge in [0, 0.05) is 19.9 Å². The van der Waals surface area contributed by atoms with E-state index >= 15 is 0 Å². The zero-order chi connectivity index (χ0) is 16.3. The number of nitrogens with zero attached hydrogens (tertiary/aromatic N) is 2. The molecule has 1 saturated carbocycles. The Morgan fingerprint density at radius 3 is 3.13 bits per heavy atom. The number of aliphatic hydroxyl groups is 1. The second kappa shape index (κ2) is 6.98. The van der Waals surface area contributed by atoms with Gasteiger partial charge in [0.25, 0.3) is 0 Å². The number of fused-ring (bicyclic) bond motifs is 1. The maximum absolute atomic E-state index is 12.0. The minimum absolute atomic E-state index is 0.123. The summed E-state index contributed by atoms with van der Waals surface area (Å²) in [4.78, 5) is 12.0.